The highest BCUT2D eigenvalue weighted by Gasteiger charge is 2.17. The largest absolute Gasteiger partial charge is 0.493 e. The first-order valence-electron chi connectivity index (χ1n) is 6.66. The summed E-state index contributed by atoms with van der Waals surface area (Å²) in [6, 6.07) is 8.01. The molecule has 0 radical (unpaired) electrons. The van der Waals surface area contributed by atoms with Crippen molar-refractivity contribution in [2.45, 2.75) is 13.0 Å². The standard InChI is InChI=1S/C16H14BrNO2S/c17-13-8-11-5-6-20-16(11)12(9-13)10-18-15(19)4-3-14-2-1-7-21-14/h1-4,7-9H,5-6,10H2,(H,18,19)/b4-3+. The van der Waals surface area contributed by atoms with Crippen LogP contribution < -0.4 is 10.1 Å². The zero-order valence-corrected chi connectivity index (χ0v) is 13.7. The van der Waals surface area contributed by atoms with E-state index in [2.05, 4.69) is 27.3 Å². The first-order valence-corrected chi connectivity index (χ1v) is 8.33. The molecule has 3 rings (SSSR count). The van der Waals surface area contributed by atoms with Gasteiger partial charge in [-0.3, -0.25) is 4.79 Å². The number of ether oxygens (including phenoxy) is 1. The lowest BCUT2D eigenvalue weighted by atomic mass is 10.1. The van der Waals surface area contributed by atoms with Crippen LogP contribution in [0.25, 0.3) is 6.08 Å². The third-order valence-electron chi connectivity index (χ3n) is 3.22. The quantitative estimate of drug-likeness (QED) is 0.839. The van der Waals surface area contributed by atoms with Crippen LogP contribution in [0.15, 0.2) is 40.2 Å². The van der Waals surface area contributed by atoms with Crippen molar-refractivity contribution in [3.63, 3.8) is 0 Å². The van der Waals surface area contributed by atoms with Gasteiger partial charge >= 0.3 is 0 Å². The number of carbonyl (C=O) groups excluding carboxylic acids is 1. The Bertz CT molecular complexity index is 680. The Hall–Kier alpha value is -1.59. The van der Waals surface area contributed by atoms with Gasteiger partial charge in [-0.05, 0) is 35.2 Å². The average Bonchev–Trinajstić information content (AvgIpc) is 3.13. The van der Waals surface area contributed by atoms with Gasteiger partial charge in [-0.1, -0.05) is 22.0 Å². The van der Waals surface area contributed by atoms with Crippen LogP contribution in [0.4, 0.5) is 0 Å². The van der Waals surface area contributed by atoms with Gasteiger partial charge in [0, 0.05) is 34.0 Å². The van der Waals surface area contributed by atoms with E-state index in [0.717, 1.165) is 27.1 Å². The summed E-state index contributed by atoms with van der Waals surface area (Å²) >= 11 is 5.10. The minimum Gasteiger partial charge on any atom is -0.493 e. The summed E-state index contributed by atoms with van der Waals surface area (Å²) in [5, 5.41) is 4.88. The van der Waals surface area contributed by atoms with Gasteiger partial charge in [-0.25, -0.2) is 0 Å². The molecule has 1 aromatic carbocycles. The van der Waals surface area contributed by atoms with Crippen LogP contribution in [0.1, 0.15) is 16.0 Å². The van der Waals surface area contributed by atoms with E-state index in [-0.39, 0.29) is 5.91 Å². The van der Waals surface area contributed by atoms with Crippen LogP contribution in [0.3, 0.4) is 0 Å². The normalized spacial score (nSPS) is 13.2. The van der Waals surface area contributed by atoms with Gasteiger partial charge in [0.15, 0.2) is 0 Å². The van der Waals surface area contributed by atoms with Crippen molar-refractivity contribution >= 4 is 39.2 Å². The Kier molecular flexibility index (Phi) is 4.41. The maximum Gasteiger partial charge on any atom is 0.244 e. The highest BCUT2D eigenvalue weighted by molar-refractivity contribution is 9.10. The highest BCUT2D eigenvalue weighted by atomic mass is 79.9. The number of amides is 1. The molecule has 1 aliphatic rings. The van der Waals surface area contributed by atoms with E-state index < -0.39 is 0 Å². The Morgan fingerprint density at radius 2 is 2.38 bits per heavy atom. The molecular weight excluding hydrogens is 350 g/mol. The molecule has 0 bridgehead atoms. The number of hydrogen-bond acceptors (Lipinski definition) is 3. The predicted molar refractivity (Wildman–Crippen MR) is 88.5 cm³/mol. The maximum absolute atomic E-state index is 11.9. The van der Waals surface area contributed by atoms with Crippen molar-refractivity contribution in [2.75, 3.05) is 6.61 Å². The number of nitrogens with one attached hydrogen (secondary N) is 1. The van der Waals surface area contributed by atoms with E-state index >= 15 is 0 Å². The molecule has 1 N–H and O–H groups in total. The molecule has 0 atom stereocenters. The number of thiophene rings is 1. The maximum atomic E-state index is 11.9. The lowest BCUT2D eigenvalue weighted by Crippen LogP contribution is -2.20. The van der Waals surface area contributed by atoms with Crippen molar-refractivity contribution in [1.82, 2.24) is 5.32 Å². The van der Waals surface area contributed by atoms with E-state index in [0.29, 0.717) is 13.2 Å². The zero-order chi connectivity index (χ0) is 14.7. The van der Waals surface area contributed by atoms with Crippen LogP contribution in [-0.2, 0) is 17.8 Å². The van der Waals surface area contributed by atoms with Gasteiger partial charge in [-0.15, -0.1) is 11.3 Å². The third kappa shape index (κ3) is 3.54. The van der Waals surface area contributed by atoms with Gasteiger partial charge in [-0.2, -0.15) is 0 Å². The topological polar surface area (TPSA) is 38.3 Å². The third-order valence-corrected chi connectivity index (χ3v) is 4.52. The lowest BCUT2D eigenvalue weighted by molar-refractivity contribution is -0.116. The molecule has 2 aromatic rings. The molecule has 3 nitrogen and oxygen atoms in total. The summed E-state index contributed by atoms with van der Waals surface area (Å²) in [6.45, 7) is 1.18. The second-order valence-corrected chi connectivity index (χ2v) is 6.61. The van der Waals surface area contributed by atoms with E-state index in [4.69, 9.17) is 4.74 Å². The van der Waals surface area contributed by atoms with E-state index in [1.807, 2.05) is 29.7 Å². The van der Waals surface area contributed by atoms with Crippen LogP contribution in [-0.4, -0.2) is 12.5 Å². The number of carbonyl (C=O) groups is 1. The number of fused-ring (bicyclic) bond motifs is 1. The Morgan fingerprint density at radius 1 is 1.48 bits per heavy atom. The Balaban J connectivity index is 1.64. The van der Waals surface area contributed by atoms with Crippen molar-refractivity contribution in [2.24, 2.45) is 0 Å². The van der Waals surface area contributed by atoms with Crippen LogP contribution in [0.5, 0.6) is 5.75 Å². The summed E-state index contributed by atoms with van der Waals surface area (Å²) in [7, 11) is 0. The molecule has 5 heteroatoms. The first-order chi connectivity index (χ1) is 10.2. The smallest absolute Gasteiger partial charge is 0.244 e. The molecule has 108 valence electrons. The monoisotopic (exact) mass is 363 g/mol. The molecule has 1 aliphatic heterocycles. The highest BCUT2D eigenvalue weighted by Crippen LogP contribution is 2.32. The minimum atomic E-state index is -0.102. The molecule has 1 aromatic heterocycles. The van der Waals surface area contributed by atoms with Crippen molar-refractivity contribution < 1.29 is 9.53 Å². The molecule has 0 fully saturated rings. The summed E-state index contributed by atoms with van der Waals surface area (Å²) in [5.74, 6) is 0.816. The van der Waals surface area contributed by atoms with Crippen LogP contribution in [0.2, 0.25) is 0 Å². The fourth-order valence-electron chi connectivity index (χ4n) is 2.26. The molecule has 1 amide bonds. The van der Waals surface area contributed by atoms with Gasteiger partial charge in [0.1, 0.15) is 5.75 Å². The first kappa shape index (κ1) is 14.4. The SMILES string of the molecule is O=C(/C=C/c1cccs1)NCc1cc(Br)cc2c1OCC2. The fourth-order valence-corrected chi connectivity index (χ4v) is 3.43. The molecule has 2 heterocycles. The minimum absolute atomic E-state index is 0.102. The molecular formula is C16H14BrNO2S. The molecule has 0 saturated carbocycles. The van der Waals surface area contributed by atoms with Crippen LogP contribution in [0, 0.1) is 0 Å². The molecule has 0 spiro atoms. The van der Waals surface area contributed by atoms with E-state index in [1.165, 1.54) is 5.56 Å². The number of rotatable bonds is 4. The molecule has 0 unspecified atom stereocenters. The van der Waals surface area contributed by atoms with Gasteiger partial charge in [0.25, 0.3) is 0 Å². The summed E-state index contributed by atoms with van der Waals surface area (Å²) in [4.78, 5) is 12.9. The number of hydrogen-bond donors (Lipinski definition) is 1. The molecule has 0 saturated heterocycles. The van der Waals surface area contributed by atoms with Gasteiger partial charge in [0.05, 0.1) is 6.61 Å². The zero-order valence-electron chi connectivity index (χ0n) is 11.3. The fraction of sp³-hybridized carbons (Fsp3) is 0.188. The Morgan fingerprint density at radius 3 is 3.19 bits per heavy atom. The number of benzene rings is 1. The van der Waals surface area contributed by atoms with Crippen molar-refractivity contribution in [3.05, 3.63) is 56.2 Å². The van der Waals surface area contributed by atoms with E-state index in [9.17, 15) is 4.79 Å². The van der Waals surface area contributed by atoms with Crippen LogP contribution >= 0.6 is 27.3 Å². The summed E-state index contributed by atoms with van der Waals surface area (Å²) < 4.78 is 6.67. The van der Waals surface area contributed by atoms with Gasteiger partial charge < -0.3 is 10.1 Å². The second-order valence-electron chi connectivity index (χ2n) is 4.72. The summed E-state index contributed by atoms with van der Waals surface area (Å²) in [5.41, 5.74) is 2.21. The second kappa shape index (κ2) is 6.45. The number of halogens is 1. The molecule has 21 heavy (non-hydrogen) atoms. The summed E-state index contributed by atoms with van der Waals surface area (Å²) in [6.07, 6.45) is 4.31. The average molecular weight is 364 g/mol. The van der Waals surface area contributed by atoms with Gasteiger partial charge in [0.2, 0.25) is 5.91 Å². The Labute approximate surface area is 135 Å². The van der Waals surface area contributed by atoms with Crippen molar-refractivity contribution in [1.29, 1.82) is 0 Å². The predicted octanol–water partition coefficient (Wildman–Crippen LogP) is 3.78. The lowest BCUT2D eigenvalue weighted by Gasteiger charge is -2.09. The molecule has 0 aliphatic carbocycles. The van der Waals surface area contributed by atoms with Crippen molar-refractivity contribution in [3.8, 4) is 5.75 Å². The van der Waals surface area contributed by atoms with E-state index in [1.54, 1.807) is 17.4 Å².